The number of fused-ring (bicyclic) bond motifs is 1. The first-order valence-corrected chi connectivity index (χ1v) is 12.5. The van der Waals surface area contributed by atoms with Gasteiger partial charge in [-0.1, -0.05) is 49.6 Å². The van der Waals surface area contributed by atoms with Crippen LogP contribution in [0.3, 0.4) is 0 Å². The smallest absolute Gasteiger partial charge is 0.244 e. The Labute approximate surface area is 208 Å². The lowest BCUT2D eigenvalue weighted by atomic mass is 9.90. The van der Waals surface area contributed by atoms with E-state index >= 15 is 0 Å². The van der Waals surface area contributed by atoms with Gasteiger partial charge < -0.3 is 9.47 Å². The molecule has 0 aromatic heterocycles. The summed E-state index contributed by atoms with van der Waals surface area (Å²) in [5.74, 6) is 1.96. The molecule has 3 atom stereocenters. The van der Waals surface area contributed by atoms with Crippen LogP contribution < -0.4 is 14.9 Å². The molecule has 7 heteroatoms. The van der Waals surface area contributed by atoms with Gasteiger partial charge in [0.1, 0.15) is 6.61 Å². The SMILES string of the molecule is CCOc1cc(C=NNC(=O)C2C3CCCCC32C)cc(I)c1OCc1ccccc1Cl. The summed E-state index contributed by atoms with van der Waals surface area (Å²) >= 11 is 8.47. The average Bonchev–Trinajstić information content (AvgIpc) is 3.40. The van der Waals surface area contributed by atoms with Crippen LogP contribution in [-0.2, 0) is 11.4 Å². The summed E-state index contributed by atoms with van der Waals surface area (Å²) in [7, 11) is 0. The molecular formula is C25H28ClIN2O3. The van der Waals surface area contributed by atoms with Gasteiger partial charge in [-0.05, 0) is 77.5 Å². The normalized spacial score (nSPS) is 24.1. The fourth-order valence-electron chi connectivity index (χ4n) is 4.92. The number of benzene rings is 2. The maximum Gasteiger partial charge on any atom is 0.244 e. The molecule has 0 heterocycles. The first-order chi connectivity index (χ1) is 15.4. The van der Waals surface area contributed by atoms with Crippen LogP contribution in [0.15, 0.2) is 41.5 Å². The van der Waals surface area contributed by atoms with Crippen LogP contribution in [0.4, 0.5) is 0 Å². The topological polar surface area (TPSA) is 59.9 Å². The highest BCUT2D eigenvalue weighted by Gasteiger charge is 2.64. The van der Waals surface area contributed by atoms with Gasteiger partial charge in [-0.3, -0.25) is 4.79 Å². The molecule has 2 aromatic carbocycles. The predicted octanol–water partition coefficient (Wildman–Crippen LogP) is 6.20. The summed E-state index contributed by atoms with van der Waals surface area (Å²) < 4.78 is 12.8. The lowest BCUT2D eigenvalue weighted by Gasteiger charge is -2.15. The second kappa shape index (κ2) is 10.00. The van der Waals surface area contributed by atoms with Crippen molar-refractivity contribution < 1.29 is 14.3 Å². The average molecular weight is 567 g/mol. The van der Waals surface area contributed by atoms with Crippen LogP contribution in [0.25, 0.3) is 0 Å². The molecule has 3 unspecified atom stereocenters. The lowest BCUT2D eigenvalue weighted by molar-refractivity contribution is -0.123. The minimum Gasteiger partial charge on any atom is -0.490 e. The zero-order valence-corrected chi connectivity index (χ0v) is 21.3. The predicted molar refractivity (Wildman–Crippen MR) is 135 cm³/mol. The van der Waals surface area contributed by atoms with Crippen LogP contribution in [0.5, 0.6) is 11.5 Å². The number of hydrogen-bond donors (Lipinski definition) is 1. The third-order valence-corrected chi connectivity index (χ3v) is 7.83. The molecule has 1 amide bonds. The standard InChI is InChI=1S/C25H28ClIN2O3/c1-3-31-21-13-16(12-20(27)23(21)32-15-17-8-4-5-10-19(17)26)14-28-29-24(30)22-18-9-6-7-11-25(18,22)2/h4-5,8,10,12-14,18,22H,3,6-7,9,11,15H2,1-2H3,(H,29,30). The molecule has 2 aliphatic carbocycles. The molecule has 2 aliphatic rings. The molecule has 32 heavy (non-hydrogen) atoms. The molecule has 0 spiro atoms. The molecule has 0 aliphatic heterocycles. The molecule has 2 aromatic rings. The highest BCUT2D eigenvalue weighted by Crippen LogP contribution is 2.66. The first kappa shape index (κ1) is 23.4. The number of halogens is 2. The Kier molecular flexibility index (Phi) is 7.30. The maximum atomic E-state index is 12.6. The molecule has 170 valence electrons. The summed E-state index contributed by atoms with van der Waals surface area (Å²) in [4.78, 5) is 12.6. The van der Waals surface area contributed by atoms with E-state index in [1.54, 1.807) is 6.21 Å². The quantitative estimate of drug-likeness (QED) is 0.235. The van der Waals surface area contributed by atoms with Crippen molar-refractivity contribution in [2.75, 3.05) is 6.61 Å². The van der Waals surface area contributed by atoms with Crippen LogP contribution in [0.1, 0.15) is 50.7 Å². The van der Waals surface area contributed by atoms with Crippen molar-refractivity contribution >= 4 is 46.3 Å². The van der Waals surface area contributed by atoms with Crippen molar-refractivity contribution in [3.05, 3.63) is 56.1 Å². The lowest BCUT2D eigenvalue weighted by Crippen LogP contribution is -2.22. The van der Waals surface area contributed by atoms with Crippen molar-refractivity contribution in [2.45, 2.75) is 46.1 Å². The number of hydrogen-bond acceptors (Lipinski definition) is 4. The van der Waals surface area contributed by atoms with Crippen LogP contribution in [0, 0.1) is 20.8 Å². The van der Waals surface area contributed by atoms with E-state index in [2.05, 4.69) is 40.0 Å². The number of carbonyl (C=O) groups excluding carboxylic acids is 1. The Morgan fingerprint density at radius 2 is 2.12 bits per heavy atom. The van der Waals surface area contributed by atoms with Gasteiger partial charge in [0.15, 0.2) is 11.5 Å². The van der Waals surface area contributed by atoms with Gasteiger partial charge >= 0.3 is 0 Å². The third-order valence-electron chi connectivity index (χ3n) is 6.66. The van der Waals surface area contributed by atoms with E-state index in [0.717, 1.165) is 27.5 Å². The van der Waals surface area contributed by atoms with Crippen molar-refractivity contribution in [1.29, 1.82) is 0 Å². The summed E-state index contributed by atoms with van der Waals surface area (Å²) in [6.07, 6.45) is 6.42. The Morgan fingerprint density at radius 1 is 1.31 bits per heavy atom. The van der Waals surface area contributed by atoms with Crippen LogP contribution in [0.2, 0.25) is 5.02 Å². The highest BCUT2D eigenvalue weighted by atomic mass is 127. The van der Waals surface area contributed by atoms with Gasteiger partial charge in [0.25, 0.3) is 0 Å². The number of hydrazone groups is 1. The van der Waals surface area contributed by atoms with E-state index in [1.807, 2.05) is 43.3 Å². The summed E-state index contributed by atoms with van der Waals surface area (Å²) in [5.41, 5.74) is 4.68. The van der Waals surface area contributed by atoms with Gasteiger partial charge in [0.05, 0.1) is 16.4 Å². The number of ether oxygens (including phenoxy) is 2. The summed E-state index contributed by atoms with van der Waals surface area (Å²) in [5, 5.41) is 4.90. The van der Waals surface area contributed by atoms with Crippen molar-refractivity contribution in [3.63, 3.8) is 0 Å². The monoisotopic (exact) mass is 566 g/mol. The minimum absolute atomic E-state index is 0.0371. The van der Waals surface area contributed by atoms with E-state index in [4.69, 9.17) is 21.1 Å². The molecule has 0 saturated heterocycles. The fourth-order valence-corrected chi connectivity index (χ4v) is 5.89. The fraction of sp³-hybridized carbons (Fsp3) is 0.440. The van der Waals surface area contributed by atoms with Crippen molar-refractivity contribution in [2.24, 2.45) is 22.4 Å². The van der Waals surface area contributed by atoms with E-state index < -0.39 is 0 Å². The van der Waals surface area contributed by atoms with Gasteiger partial charge in [0, 0.05) is 16.5 Å². The Balaban J connectivity index is 1.43. The number of nitrogens with one attached hydrogen (secondary N) is 1. The highest BCUT2D eigenvalue weighted by molar-refractivity contribution is 14.1. The molecule has 2 fully saturated rings. The molecule has 4 rings (SSSR count). The Morgan fingerprint density at radius 3 is 2.84 bits per heavy atom. The maximum absolute atomic E-state index is 12.6. The van der Waals surface area contributed by atoms with Gasteiger partial charge in [-0.15, -0.1) is 0 Å². The van der Waals surface area contributed by atoms with Gasteiger partial charge in [-0.25, -0.2) is 5.43 Å². The second-order valence-corrected chi connectivity index (χ2v) is 10.3. The number of rotatable bonds is 8. The zero-order valence-electron chi connectivity index (χ0n) is 18.4. The van der Waals surface area contributed by atoms with E-state index in [-0.39, 0.29) is 17.2 Å². The third kappa shape index (κ3) is 4.91. The molecular weight excluding hydrogens is 539 g/mol. The summed E-state index contributed by atoms with van der Waals surface area (Å²) in [6, 6.07) is 11.4. The molecule has 5 nitrogen and oxygen atoms in total. The summed E-state index contributed by atoms with van der Waals surface area (Å²) in [6.45, 7) is 5.03. The van der Waals surface area contributed by atoms with E-state index in [0.29, 0.717) is 35.7 Å². The van der Waals surface area contributed by atoms with Crippen LogP contribution >= 0.6 is 34.2 Å². The van der Waals surface area contributed by atoms with Gasteiger partial charge in [-0.2, -0.15) is 5.10 Å². The number of amides is 1. The van der Waals surface area contributed by atoms with Crippen molar-refractivity contribution in [1.82, 2.24) is 5.43 Å². The largest absolute Gasteiger partial charge is 0.490 e. The number of nitrogens with zero attached hydrogens (tertiary/aromatic N) is 1. The van der Waals surface area contributed by atoms with Crippen molar-refractivity contribution in [3.8, 4) is 11.5 Å². The van der Waals surface area contributed by atoms with Crippen LogP contribution in [-0.4, -0.2) is 18.7 Å². The Bertz CT molecular complexity index is 1030. The van der Waals surface area contributed by atoms with E-state index in [1.165, 1.54) is 12.8 Å². The first-order valence-electron chi connectivity index (χ1n) is 11.1. The van der Waals surface area contributed by atoms with E-state index in [9.17, 15) is 4.79 Å². The van der Waals surface area contributed by atoms with Gasteiger partial charge in [0.2, 0.25) is 5.91 Å². The zero-order chi connectivity index (χ0) is 22.7. The molecule has 1 N–H and O–H groups in total. The number of carbonyl (C=O) groups is 1. The molecule has 0 radical (unpaired) electrons. The minimum atomic E-state index is 0.0371. The second-order valence-electron chi connectivity index (χ2n) is 8.71. The molecule has 0 bridgehead atoms. The molecule has 2 saturated carbocycles. The Hall–Kier alpha value is -1.80.